The van der Waals surface area contributed by atoms with Crippen molar-refractivity contribution in [2.24, 2.45) is 5.73 Å². The predicted octanol–water partition coefficient (Wildman–Crippen LogP) is -0.423. The molecule has 132 valence electrons. The molecule has 0 aliphatic heterocycles. The molecule has 3 atom stereocenters. The highest BCUT2D eigenvalue weighted by Gasteiger charge is 2.25. The summed E-state index contributed by atoms with van der Waals surface area (Å²) in [6, 6.07) is -0.905. The van der Waals surface area contributed by atoms with Crippen LogP contribution in [0, 0.1) is 0 Å². The van der Waals surface area contributed by atoms with Gasteiger partial charge in [-0.3, -0.25) is 4.79 Å². The van der Waals surface area contributed by atoms with Crippen LogP contribution in [0.2, 0.25) is 0 Å². The number of likely N-dealkylation sites (N-methyl/N-ethyl adjacent to an activating group) is 1. The molecule has 0 spiro atoms. The van der Waals surface area contributed by atoms with Gasteiger partial charge in [0.1, 0.15) is 18.8 Å². The van der Waals surface area contributed by atoms with E-state index in [9.17, 15) is 13.2 Å². The molecular weight excluding hydrogens is 312 g/mol. The van der Waals surface area contributed by atoms with Crippen LogP contribution in [-0.4, -0.2) is 76.6 Å². The fraction of sp³-hybridized carbons (Fsp3) is 0.923. The number of carbonyl (C=O) groups is 1. The monoisotopic (exact) mass is 340 g/mol. The van der Waals surface area contributed by atoms with Gasteiger partial charge in [0.2, 0.25) is 10.0 Å². The van der Waals surface area contributed by atoms with Gasteiger partial charge >= 0.3 is 5.97 Å². The van der Waals surface area contributed by atoms with Gasteiger partial charge in [0, 0.05) is 20.7 Å². The highest BCUT2D eigenvalue weighted by Crippen LogP contribution is 2.06. The van der Waals surface area contributed by atoms with Gasteiger partial charge in [-0.15, -0.1) is 0 Å². The first-order chi connectivity index (χ1) is 9.98. The molecule has 0 unspecified atom stereocenters. The number of esters is 1. The lowest BCUT2D eigenvalue weighted by molar-refractivity contribution is -0.153. The fourth-order valence-electron chi connectivity index (χ4n) is 1.55. The number of ether oxygens (including phenoxy) is 3. The normalized spacial score (nSPS) is 16.6. The lowest BCUT2D eigenvalue weighted by atomic mass is 10.2. The zero-order valence-electron chi connectivity index (χ0n) is 14.1. The van der Waals surface area contributed by atoms with Gasteiger partial charge in [0.25, 0.3) is 0 Å². The van der Waals surface area contributed by atoms with Crippen molar-refractivity contribution in [1.29, 1.82) is 0 Å². The average Bonchev–Trinajstić information content (AvgIpc) is 2.40. The second-order valence-electron chi connectivity index (χ2n) is 5.45. The molecule has 0 aromatic heterocycles. The Hall–Kier alpha value is -0.740. The third-order valence-electron chi connectivity index (χ3n) is 3.05. The molecule has 0 saturated carbocycles. The van der Waals surface area contributed by atoms with E-state index in [0.29, 0.717) is 0 Å². The van der Waals surface area contributed by atoms with Gasteiger partial charge in [0.15, 0.2) is 0 Å². The lowest BCUT2D eigenvalue weighted by Gasteiger charge is -2.25. The molecular formula is C13H28N2O6S. The molecule has 9 heteroatoms. The fourth-order valence-corrected chi connectivity index (χ4v) is 1.99. The minimum Gasteiger partial charge on any atom is -0.462 e. The van der Waals surface area contributed by atoms with Crippen molar-refractivity contribution >= 4 is 16.0 Å². The molecule has 0 bridgehead atoms. The Morgan fingerprint density at radius 3 is 2.23 bits per heavy atom. The second-order valence-corrected chi connectivity index (χ2v) is 7.54. The topological polar surface area (TPSA) is 108 Å². The summed E-state index contributed by atoms with van der Waals surface area (Å²) in [5.74, 6) is -0.617. The largest absolute Gasteiger partial charge is 0.462 e. The zero-order chi connectivity index (χ0) is 17.5. The molecule has 0 aromatic rings. The molecule has 2 N–H and O–H groups in total. The summed E-state index contributed by atoms with van der Waals surface area (Å²) in [5.41, 5.74) is 5.68. The van der Waals surface area contributed by atoms with Gasteiger partial charge < -0.3 is 19.9 Å². The second kappa shape index (κ2) is 9.41. The van der Waals surface area contributed by atoms with Gasteiger partial charge in [-0.05, 0) is 20.8 Å². The van der Waals surface area contributed by atoms with Crippen molar-refractivity contribution in [3.8, 4) is 0 Å². The van der Waals surface area contributed by atoms with Crippen molar-refractivity contribution in [3.63, 3.8) is 0 Å². The van der Waals surface area contributed by atoms with Crippen LogP contribution in [0.25, 0.3) is 0 Å². The Labute approximate surface area is 132 Å². The molecule has 0 amide bonds. The number of nitrogens with zero attached hydrogens (tertiary/aromatic N) is 1. The standard InChI is InChI=1S/C13H28N2O6S/c1-9(2)21-11(7-15(4)22(6,17)18)8-20-13(16)12(14)10(3)19-5/h9-12H,7-8,14H2,1-6H3/t10-,11+,12+/m1/s1. The predicted molar refractivity (Wildman–Crippen MR) is 82.9 cm³/mol. The highest BCUT2D eigenvalue weighted by molar-refractivity contribution is 7.88. The van der Waals surface area contributed by atoms with Crippen molar-refractivity contribution in [2.45, 2.75) is 45.1 Å². The molecule has 0 aromatic carbocycles. The summed E-state index contributed by atoms with van der Waals surface area (Å²) in [5, 5.41) is 0. The van der Waals surface area contributed by atoms with E-state index in [1.165, 1.54) is 14.2 Å². The minimum absolute atomic E-state index is 0.0823. The quantitative estimate of drug-likeness (QED) is 0.538. The molecule has 8 nitrogen and oxygen atoms in total. The van der Waals surface area contributed by atoms with Gasteiger partial charge in [0.05, 0.1) is 18.5 Å². The van der Waals surface area contributed by atoms with E-state index in [1.54, 1.807) is 6.92 Å². The van der Waals surface area contributed by atoms with E-state index < -0.39 is 34.2 Å². The molecule has 0 radical (unpaired) electrons. The van der Waals surface area contributed by atoms with Crippen LogP contribution in [0.1, 0.15) is 20.8 Å². The van der Waals surface area contributed by atoms with Crippen LogP contribution in [0.15, 0.2) is 0 Å². The molecule has 0 aliphatic carbocycles. The van der Waals surface area contributed by atoms with Crippen molar-refractivity contribution in [2.75, 3.05) is 33.6 Å². The molecule has 0 fully saturated rings. The SMILES string of the molecule is CO[C@H](C)[C@H](N)C(=O)OC[C@H](CN(C)S(C)(=O)=O)OC(C)C. The Morgan fingerprint density at radius 2 is 1.82 bits per heavy atom. The Morgan fingerprint density at radius 1 is 1.27 bits per heavy atom. The summed E-state index contributed by atoms with van der Waals surface area (Å²) >= 11 is 0. The molecule has 0 saturated heterocycles. The third kappa shape index (κ3) is 8.04. The zero-order valence-corrected chi connectivity index (χ0v) is 14.9. The molecule has 0 heterocycles. The smallest absolute Gasteiger partial charge is 0.325 e. The summed E-state index contributed by atoms with van der Waals surface area (Å²) in [6.45, 7) is 5.29. The number of hydrogen-bond donors (Lipinski definition) is 1. The van der Waals surface area contributed by atoms with E-state index in [-0.39, 0.29) is 19.3 Å². The number of nitrogens with two attached hydrogens (primary N) is 1. The van der Waals surface area contributed by atoms with Crippen LogP contribution in [0.4, 0.5) is 0 Å². The summed E-state index contributed by atoms with van der Waals surface area (Å²) in [4.78, 5) is 11.8. The van der Waals surface area contributed by atoms with Crippen molar-refractivity contribution in [3.05, 3.63) is 0 Å². The average molecular weight is 340 g/mol. The van der Waals surface area contributed by atoms with Gasteiger partial charge in [-0.2, -0.15) is 0 Å². The summed E-state index contributed by atoms with van der Waals surface area (Å²) in [7, 11) is -0.453. The van der Waals surface area contributed by atoms with E-state index in [0.717, 1.165) is 10.6 Å². The number of methoxy groups -OCH3 is 1. The third-order valence-corrected chi connectivity index (χ3v) is 4.33. The van der Waals surface area contributed by atoms with Gasteiger partial charge in [-0.25, -0.2) is 12.7 Å². The van der Waals surface area contributed by atoms with Crippen LogP contribution >= 0.6 is 0 Å². The van der Waals surface area contributed by atoms with E-state index in [4.69, 9.17) is 19.9 Å². The van der Waals surface area contributed by atoms with Crippen LogP contribution in [0.3, 0.4) is 0 Å². The molecule has 22 heavy (non-hydrogen) atoms. The van der Waals surface area contributed by atoms with Crippen LogP contribution < -0.4 is 5.73 Å². The first-order valence-corrected chi connectivity index (χ1v) is 8.85. The van der Waals surface area contributed by atoms with Crippen LogP contribution in [0.5, 0.6) is 0 Å². The maximum Gasteiger partial charge on any atom is 0.325 e. The number of sulfonamides is 1. The van der Waals surface area contributed by atoms with Crippen LogP contribution in [-0.2, 0) is 29.0 Å². The van der Waals surface area contributed by atoms with E-state index >= 15 is 0 Å². The summed E-state index contributed by atoms with van der Waals surface area (Å²) < 4.78 is 39.7. The highest BCUT2D eigenvalue weighted by atomic mass is 32.2. The minimum atomic E-state index is -3.34. The Bertz CT molecular complexity index is 440. The van der Waals surface area contributed by atoms with Gasteiger partial charge in [-0.1, -0.05) is 0 Å². The van der Waals surface area contributed by atoms with E-state index in [1.807, 2.05) is 13.8 Å². The number of carbonyl (C=O) groups excluding carboxylic acids is 1. The van der Waals surface area contributed by atoms with Crippen molar-refractivity contribution < 1.29 is 27.4 Å². The first kappa shape index (κ1) is 21.3. The Balaban J connectivity index is 4.64. The maximum absolute atomic E-state index is 11.8. The maximum atomic E-state index is 11.8. The Kier molecular flexibility index (Phi) is 9.09. The summed E-state index contributed by atoms with van der Waals surface area (Å²) in [6.07, 6.45) is -0.0886. The van der Waals surface area contributed by atoms with E-state index in [2.05, 4.69) is 0 Å². The number of rotatable bonds is 10. The lowest BCUT2D eigenvalue weighted by Crippen LogP contribution is -2.44. The number of hydrogen-bond acceptors (Lipinski definition) is 7. The first-order valence-electron chi connectivity index (χ1n) is 7.00. The molecule has 0 rings (SSSR count). The molecule has 0 aliphatic rings. The van der Waals surface area contributed by atoms with Crippen molar-refractivity contribution in [1.82, 2.24) is 4.31 Å².